The van der Waals surface area contributed by atoms with E-state index in [-0.39, 0.29) is 0 Å². The van der Waals surface area contributed by atoms with Gasteiger partial charge in [0.1, 0.15) is 22.3 Å². The molecule has 3 aromatic heterocycles. The summed E-state index contributed by atoms with van der Waals surface area (Å²) in [6, 6.07) is 60.1. The first-order chi connectivity index (χ1) is 24.8. The maximum Gasteiger partial charge on any atom is 0.143 e. The summed E-state index contributed by atoms with van der Waals surface area (Å²) in [4.78, 5) is 2.41. The SMILES string of the molecule is c1ccc(-n2c3ccccc3c3c(N(c4ccc5oc6ccccc6c5c4)c4cccc5oc6c7ccccc7ccc6c45)cccc32)cc1. The van der Waals surface area contributed by atoms with E-state index >= 15 is 0 Å². The topological polar surface area (TPSA) is 34.5 Å². The Labute approximate surface area is 286 Å². The summed E-state index contributed by atoms with van der Waals surface area (Å²) in [6.45, 7) is 0. The summed E-state index contributed by atoms with van der Waals surface area (Å²) in [6.07, 6.45) is 0. The third-order valence-electron chi connectivity index (χ3n) is 10.2. The number of hydrogen-bond acceptors (Lipinski definition) is 3. The summed E-state index contributed by atoms with van der Waals surface area (Å²) < 4.78 is 15.4. The summed E-state index contributed by atoms with van der Waals surface area (Å²) in [5, 5.41) is 8.99. The Morgan fingerprint density at radius 3 is 1.98 bits per heavy atom. The maximum atomic E-state index is 6.72. The van der Waals surface area contributed by atoms with Crippen molar-refractivity contribution in [1.29, 1.82) is 0 Å². The molecule has 0 radical (unpaired) electrons. The Kier molecular flexibility index (Phi) is 5.63. The Bertz CT molecular complexity index is 3110. The minimum atomic E-state index is 0.854. The number of furan rings is 2. The van der Waals surface area contributed by atoms with Crippen LogP contribution in [0, 0.1) is 0 Å². The molecule has 0 fully saturated rings. The van der Waals surface area contributed by atoms with Crippen LogP contribution in [0.1, 0.15) is 0 Å². The van der Waals surface area contributed by atoms with Crippen LogP contribution in [-0.2, 0) is 0 Å². The van der Waals surface area contributed by atoms with Crippen LogP contribution in [0.5, 0.6) is 0 Å². The molecule has 0 saturated carbocycles. The zero-order valence-corrected chi connectivity index (χ0v) is 26.9. The van der Waals surface area contributed by atoms with Crippen LogP contribution < -0.4 is 4.90 Å². The van der Waals surface area contributed by atoms with Crippen LogP contribution in [0.15, 0.2) is 179 Å². The molecular weight excluding hydrogens is 613 g/mol. The van der Waals surface area contributed by atoms with E-state index in [0.717, 1.165) is 88.4 Å². The fourth-order valence-electron chi connectivity index (χ4n) is 8.02. The lowest BCUT2D eigenvalue weighted by molar-refractivity contribution is 0.669. The van der Waals surface area contributed by atoms with Gasteiger partial charge in [-0.15, -0.1) is 0 Å². The molecule has 11 rings (SSSR count). The number of benzene rings is 8. The van der Waals surface area contributed by atoms with E-state index in [0.29, 0.717) is 0 Å². The number of hydrogen-bond donors (Lipinski definition) is 0. The van der Waals surface area contributed by atoms with E-state index in [1.807, 2.05) is 12.1 Å². The Morgan fingerprint density at radius 1 is 0.400 bits per heavy atom. The largest absolute Gasteiger partial charge is 0.456 e. The molecule has 234 valence electrons. The first-order valence-corrected chi connectivity index (χ1v) is 16.9. The van der Waals surface area contributed by atoms with Crippen LogP contribution in [-0.4, -0.2) is 4.57 Å². The Hall–Kier alpha value is -6.78. The van der Waals surface area contributed by atoms with E-state index in [1.54, 1.807) is 0 Å². The van der Waals surface area contributed by atoms with Crippen molar-refractivity contribution in [2.75, 3.05) is 4.90 Å². The minimum absolute atomic E-state index is 0.854. The molecule has 0 spiro atoms. The molecule has 0 aliphatic rings. The van der Waals surface area contributed by atoms with E-state index in [9.17, 15) is 0 Å². The van der Waals surface area contributed by atoms with Crippen molar-refractivity contribution < 1.29 is 8.83 Å². The molecule has 8 aromatic carbocycles. The summed E-state index contributed by atoms with van der Waals surface area (Å²) in [5.41, 5.74) is 10.1. The zero-order valence-electron chi connectivity index (χ0n) is 26.9. The van der Waals surface area contributed by atoms with Gasteiger partial charge in [-0.2, -0.15) is 0 Å². The van der Waals surface area contributed by atoms with Gasteiger partial charge in [-0.3, -0.25) is 0 Å². The highest BCUT2D eigenvalue weighted by molar-refractivity contribution is 6.22. The fraction of sp³-hybridized carbons (Fsp3) is 0. The minimum Gasteiger partial charge on any atom is -0.456 e. The van der Waals surface area contributed by atoms with Gasteiger partial charge in [0.25, 0.3) is 0 Å². The van der Waals surface area contributed by atoms with Gasteiger partial charge in [-0.25, -0.2) is 0 Å². The lowest BCUT2D eigenvalue weighted by Gasteiger charge is -2.27. The smallest absolute Gasteiger partial charge is 0.143 e. The summed E-state index contributed by atoms with van der Waals surface area (Å²) >= 11 is 0. The summed E-state index contributed by atoms with van der Waals surface area (Å²) in [7, 11) is 0. The number of para-hydroxylation sites is 3. The average Bonchev–Trinajstić information content (AvgIpc) is 3.85. The van der Waals surface area contributed by atoms with Gasteiger partial charge in [0.05, 0.1) is 27.8 Å². The van der Waals surface area contributed by atoms with Crippen molar-refractivity contribution in [2.24, 2.45) is 0 Å². The molecule has 0 N–H and O–H groups in total. The van der Waals surface area contributed by atoms with Crippen LogP contribution in [0.2, 0.25) is 0 Å². The lowest BCUT2D eigenvalue weighted by atomic mass is 10.0. The second kappa shape index (κ2) is 10.4. The van der Waals surface area contributed by atoms with E-state index in [1.165, 1.54) is 10.8 Å². The number of aromatic nitrogens is 1. The van der Waals surface area contributed by atoms with Crippen molar-refractivity contribution in [1.82, 2.24) is 4.57 Å². The third kappa shape index (κ3) is 3.81. The quantitative estimate of drug-likeness (QED) is 0.192. The molecule has 11 aromatic rings. The molecular formula is C46H28N2O2. The van der Waals surface area contributed by atoms with Gasteiger partial charge in [-0.05, 0) is 78.2 Å². The van der Waals surface area contributed by atoms with Crippen LogP contribution in [0.3, 0.4) is 0 Å². The molecule has 4 heteroatoms. The molecule has 0 amide bonds. The highest BCUT2D eigenvalue weighted by Gasteiger charge is 2.25. The molecule has 0 aliphatic carbocycles. The third-order valence-corrected chi connectivity index (χ3v) is 10.2. The predicted molar refractivity (Wildman–Crippen MR) is 208 cm³/mol. The van der Waals surface area contributed by atoms with Gasteiger partial charge in [-0.1, -0.05) is 97.1 Å². The Balaban J connectivity index is 1.28. The van der Waals surface area contributed by atoms with Crippen molar-refractivity contribution in [2.45, 2.75) is 0 Å². The number of fused-ring (bicyclic) bond motifs is 11. The normalized spacial score (nSPS) is 12.0. The van der Waals surface area contributed by atoms with E-state index < -0.39 is 0 Å². The first-order valence-electron chi connectivity index (χ1n) is 16.9. The van der Waals surface area contributed by atoms with Crippen molar-refractivity contribution >= 4 is 93.5 Å². The van der Waals surface area contributed by atoms with Crippen molar-refractivity contribution in [3.63, 3.8) is 0 Å². The lowest BCUT2D eigenvalue weighted by Crippen LogP contribution is -2.11. The number of anilines is 3. The molecule has 3 heterocycles. The Morgan fingerprint density at radius 2 is 1.08 bits per heavy atom. The van der Waals surface area contributed by atoms with Crippen LogP contribution in [0.25, 0.3) is 82.1 Å². The maximum absolute atomic E-state index is 6.72. The van der Waals surface area contributed by atoms with Crippen LogP contribution in [0.4, 0.5) is 17.1 Å². The highest BCUT2D eigenvalue weighted by atomic mass is 16.3. The zero-order chi connectivity index (χ0) is 32.8. The molecule has 0 saturated heterocycles. The highest BCUT2D eigenvalue weighted by Crippen LogP contribution is 2.48. The first kappa shape index (κ1) is 27.2. The van der Waals surface area contributed by atoms with Crippen molar-refractivity contribution in [3.05, 3.63) is 170 Å². The molecule has 0 bridgehead atoms. The molecule has 0 unspecified atom stereocenters. The second-order valence-electron chi connectivity index (χ2n) is 12.9. The average molecular weight is 641 g/mol. The second-order valence-corrected chi connectivity index (χ2v) is 12.9. The standard InChI is InChI=1S/C46H28N2O2/c1-2-13-30(14-3-1)47-37-18-8-6-17-34(37)44-38(47)19-10-20-39(44)48(31-25-27-42-36(28-31)33-16-7-9-22-41(33)49-42)40-21-11-23-43-45(40)35-26-24-29-12-4-5-15-32(29)46(35)50-43/h1-28H. The fourth-order valence-corrected chi connectivity index (χ4v) is 8.02. The number of nitrogens with zero attached hydrogens (tertiary/aromatic N) is 2. The van der Waals surface area contributed by atoms with Crippen molar-refractivity contribution in [3.8, 4) is 5.69 Å². The molecule has 0 aliphatic heterocycles. The summed E-state index contributed by atoms with van der Waals surface area (Å²) in [5.74, 6) is 0. The predicted octanol–water partition coefficient (Wildman–Crippen LogP) is 13.2. The van der Waals surface area contributed by atoms with Gasteiger partial charge < -0.3 is 18.3 Å². The molecule has 0 atom stereocenters. The van der Waals surface area contributed by atoms with Gasteiger partial charge in [0.15, 0.2) is 0 Å². The number of rotatable bonds is 4. The van der Waals surface area contributed by atoms with E-state index in [2.05, 4.69) is 167 Å². The van der Waals surface area contributed by atoms with Gasteiger partial charge in [0.2, 0.25) is 0 Å². The van der Waals surface area contributed by atoms with Crippen LogP contribution >= 0.6 is 0 Å². The molecule has 50 heavy (non-hydrogen) atoms. The van der Waals surface area contributed by atoms with E-state index in [4.69, 9.17) is 8.83 Å². The van der Waals surface area contributed by atoms with Gasteiger partial charge in [0, 0.05) is 43.7 Å². The van der Waals surface area contributed by atoms with Gasteiger partial charge >= 0.3 is 0 Å². The molecule has 4 nitrogen and oxygen atoms in total. The monoisotopic (exact) mass is 640 g/mol.